The molecule has 2 aromatic heterocycles. The summed E-state index contributed by atoms with van der Waals surface area (Å²) in [6, 6.07) is 10.1. The lowest BCUT2D eigenvalue weighted by Crippen LogP contribution is -2.35. The summed E-state index contributed by atoms with van der Waals surface area (Å²) in [5, 5.41) is 10.0. The average molecular weight is 391 g/mol. The Hall–Kier alpha value is -2.85. The van der Waals surface area contributed by atoms with Crippen molar-refractivity contribution in [2.75, 3.05) is 40.0 Å². The molecule has 0 radical (unpaired) electrons. The van der Waals surface area contributed by atoms with E-state index in [1.165, 1.54) is 5.56 Å². The lowest BCUT2D eigenvalue weighted by molar-refractivity contribution is 0.0344. The molecule has 1 aliphatic rings. The summed E-state index contributed by atoms with van der Waals surface area (Å²) in [5.41, 5.74) is 5.02. The quantitative estimate of drug-likeness (QED) is 0.655. The molecular weight excluding hydrogens is 366 g/mol. The highest BCUT2D eigenvalue weighted by molar-refractivity contribution is 5.89. The first-order chi connectivity index (χ1) is 14.3. The van der Waals surface area contributed by atoms with Crippen LogP contribution in [0.2, 0.25) is 0 Å². The van der Waals surface area contributed by atoms with Crippen LogP contribution in [0.25, 0.3) is 22.3 Å². The first-order valence-corrected chi connectivity index (χ1v) is 9.83. The van der Waals surface area contributed by atoms with Crippen molar-refractivity contribution in [1.29, 1.82) is 0 Å². The topological polar surface area (TPSA) is 70.6 Å². The molecule has 1 aliphatic heterocycles. The van der Waals surface area contributed by atoms with Crippen LogP contribution < -0.4 is 4.74 Å². The first kappa shape index (κ1) is 19.5. The van der Waals surface area contributed by atoms with E-state index in [-0.39, 0.29) is 6.61 Å². The van der Waals surface area contributed by atoms with Crippen LogP contribution in [0.1, 0.15) is 17.5 Å². The van der Waals surface area contributed by atoms with E-state index in [9.17, 15) is 0 Å². The molecule has 0 amide bonds. The number of ether oxygens (including phenoxy) is 2. The second-order valence-corrected chi connectivity index (χ2v) is 6.99. The summed E-state index contributed by atoms with van der Waals surface area (Å²) in [6.45, 7) is 4.21. The number of benzene rings is 1. The predicted molar refractivity (Wildman–Crippen MR) is 113 cm³/mol. The molecule has 1 saturated heterocycles. The number of H-pyrrole nitrogens is 1. The Bertz CT molecular complexity index is 1040. The number of nitrogens with one attached hydrogen (secondary N) is 1. The second-order valence-electron chi connectivity index (χ2n) is 6.99. The fourth-order valence-corrected chi connectivity index (χ4v) is 3.58. The van der Waals surface area contributed by atoms with E-state index in [2.05, 4.69) is 38.8 Å². The number of aliphatic hydroxyl groups excluding tert-OH is 1. The normalized spacial score (nSPS) is 14.6. The summed E-state index contributed by atoms with van der Waals surface area (Å²) in [7, 11) is 1.68. The van der Waals surface area contributed by atoms with Gasteiger partial charge in [-0.1, -0.05) is 24.0 Å². The lowest BCUT2D eigenvalue weighted by Gasteiger charge is -2.26. The zero-order valence-corrected chi connectivity index (χ0v) is 16.6. The van der Waals surface area contributed by atoms with Gasteiger partial charge in [0.05, 0.1) is 32.6 Å². The second kappa shape index (κ2) is 9.10. The molecule has 150 valence electrons. The minimum Gasteiger partial charge on any atom is -0.497 e. The van der Waals surface area contributed by atoms with Crippen molar-refractivity contribution in [3.8, 4) is 28.8 Å². The minimum atomic E-state index is 0.0646. The Morgan fingerprint density at radius 2 is 2.14 bits per heavy atom. The number of hydrogen-bond donors (Lipinski definition) is 2. The summed E-state index contributed by atoms with van der Waals surface area (Å²) >= 11 is 0. The van der Waals surface area contributed by atoms with Gasteiger partial charge in [-0.2, -0.15) is 0 Å². The van der Waals surface area contributed by atoms with Gasteiger partial charge in [-0.3, -0.25) is 4.90 Å². The fraction of sp³-hybridized carbons (Fsp3) is 0.348. The molecule has 0 bridgehead atoms. The molecule has 4 rings (SSSR count). The monoisotopic (exact) mass is 391 g/mol. The van der Waals surface area contributed by atoms with Crippen LogP contribution in [0.15, 0.2) is 36.5 Å². The molecule has 0 aliphatic carbocycles. The maximum atomic E-state index is 8.97. The molecule has 6 nitrogen and oxygen atoms in total. The summed E-state index contributed by atoms with van der Waals surface area (Å²) < 4.78 is 10.9. The molecule has 1 aromatic carbocycles. The Balaban J connectivity index is 1.80. The van der Waals surface area contributed by atoms with Gasteiger partial charge >= 0.3 is 0 Å². The van der Waals surface area contributed by atoms with Gasteiger partial charge in [0, 0.05) is 54.3 Å². The molecule has 0 unspecified atom stereocenters. The van der Waals surface area contributed by atoms with Crippen molar-refractivity contribution in [2.45, 2.75) is 13.0 Å². The Morgan fingerprint density at radius 1 is 1.28 bits per heavy atom. The minimum absolute atomic E-state index is 0.0646. The number of aliphatic hydroxyl groups is 1. The van der Waals surface area contributed by atoms with Crippen molar-refractivity contribution in [3.05, 3.63) is 47.7 Å². The number of aromatic nitrogens is 2. The summed E-state index contributed by atoms with van der Waals surface area (Å²) in [5.74, 6) is 6.89. The average Bonchev–Trinajstić information content (AvgIpc) is 3.12. The number of rotatable bonds is 5. The van der Waals surface area contributed by atoms with Crippen molar-refractivity contribution in [1.82, 2.24) is 14.9 Å². The van der Waals surface area contributed by atoms with E-state index < -0.39 is 0 Å². The van der Waals surface area contributed by atoms with Crippen LogP contribution in [-0.4, -0.2) is 60.0 Å². The first-order valence-electron chi connectivity index (χ1n) is 9.83. The largest absolute Gasteiger partial charge is 0.497 e. The van der Waals surface area contributed by atoms with Crippen molar-refractivity contribution < 1.29 is 14.6 Å². The fourth-order valence-electron chi connectivity index (χ4n) is 3.58. The highest BCUT2D eigenvalue weighted by Crippen LogP contribution is 2.32. The van der Waals surface area contributed by atoms with Gasteiger partial charge in [-0.25, -0.2) is 4.98 Å². The molecule has 0 saturated carbocycles. The molecular formula is C23H25N3O3. The standard InChI is InChI=1S/C23H25N3O3/c1-28-19-7-4-6-18(14-19)22-21(16-26-8-11-29-12-9-26)20-13-17(5-2-3-10-27)15-24-23(20)25-22/h4,6-7,13-15,27H,3,8-12,16H2,1H3,(H,24,25). The number of pyridine rings is 1. The number of aromatic amines is 1. The van der Waals surface area contributed by atoms with Gasteiger partial charge in [0.1, 0.15) is 11.4 Å². The highest BCUT2D eigenvalue weighted by atomic mass is 16.5. The van der Waals surface area contributed by atoms with E-state index in [0.717, 1.165) is 66.5 Å². The van der Waals surface area contributed by atoms with Gasteiger partial charge in [-0.05, 0) is 18.2 Å². The zero-order chi connectivity index (χ0) is 20.1. The van der Waals surface area contributed by atoms with E-state index in [0.29, 0.717) is 6.42 Å². The highest BCUT2D eigenvalue weighted by Gasteiger charge is 2.19. The van der Waals surface area contributed by atoms with E-state index >= 15 is 0 Å². The van der Waals surface area contributed by atoms with Crippen LogP contribution in [0.5, 0.6) is 5.75 Å². The lowest BCUT2D eigenvalue weighted by atomic mass is 10.0. The maximum absolute atomic E-state index is 8.97. The van der Waals surface area contributed by atoms with Gasteiger partial charge in [0.25, 0.3) is 0 Å². The molecule has 1 fully saturated rings. The van der Waals surface area contributed by atoms with Gasteiger partial charge in [-0.15, -0.1) is 0 Å². The van der Waals surface area contributed by atoms with E-state index in [1.54, 1.807) is 13.3 Å². The number of nitrogens with zero attached hydrogens (tertiary/aromatic N) is 2. The third-order valence-electron chi connectivity index (χ3n) is 5.07. The smallest absolute Gasteiger partial charge is 0.138 e. The van der Waals surface area contributed by atoms with Crippen molar-refractivity contribution in [2.24, 2.45) is 0 Å². The predicted octanol–water partition coefficient (Wildman–Crippen LogP) is 2.80. The summed E-state index contributed by atoms with van der Waals surface area (Å²) in [4.78, 5) is 10.5. The number of hydrogen-bond acceptors (Lipinski definition) is 5. The molecule has 3 heterocycles. The number of fused-ring (bicyclic) bond motifs is 1. The summed E-state index contributed by atoms with van der Waals surface area (Å²) in [6.07, 6.45) is 2.23. The van der Waals surface area contributed by atoms with Crippen LogP contribution in [0.3, 0.4) is 0 Å². The van der Waals surface area contributed by atoms with E-state index in [1.807, 2.05) is 18.2 Å². The molecule has 2 N–H and O–H groups in total. The Morgan fingerprint density at radius 3 is 2.93 bits per heavy atom. The zero-order valence-electron chi connectivity index (χ0n) is 16.6. The van der Waals surface area contributed by atoms with Crippen molar-refractivity contribution >= 4 is 11.0 Å². The third kappa shape index (κ3) is 4.43. The molecule has 0 atom stereocenters. The van der Waals surface area contributed by atoms with Crippen molar-refractivity contribution in [3.63, 3.8) is 0 Å². The Kier molecular flexibility index (Phi) is 6.11. The van der Waals surface area contributed by atoms with Crippen LogP contribution in [0, 0.1) is 11.8 Å². The van der Waals surface area contributed by atoms with Gasteiger partial charge in [0.15, 0.2) is 0 Å². The molecule has 29 heavy (non-hydrogen) atoms. The molecule has 3 aromatic rings. The van der Waals surface area contributed by atoms with Crippen LogP contribution in [-0.2, 0) is 11.3 Å². The van der Waals surface area contributed by atoms with Crippen LogP contribution in [0.4, 0.5) is 0 Å². The maximum Gasteiger partial charge on any atom is 0.138 e. The number of methoxy groups -OCH3 is 1. The number of morpholine rings is 1. The van der Waals surface area contributed by atoms with Crippen LogP contribution >= 0.6 is 0 Å². The van der Waals surface area contributed by atoms with Gasteiger partial charge in [0.2, 0.25) is 0 Å². The SMILES string of the molecule is COc1cccc(-c2[nH]c3ncc(C#CCCO)cc3c2CN2CCOCC2)c1. The van der Waals surface area contributed by atoms with Gasteiger partial charge < -0.3 is 19.6 Å². The van der Waals surface area contributed by atoms with E-state index in [4.69, 9.17) is 14.6 Å². The molecule has 0 spiro atoms. The Labute approximate surface area is 170 Å². The third-order valence-corrected chi connectivity index (χ3v) is 5.07. The molecule has 6 heteroatoms.